The van der Waals surface area contributed by atoms with Gasteiger partial charge in [0.1, 0.15) is 43.2 Å². The fourth-order valence-corrected chi connectivity index (χ4v) is 4.46. The smallest absolute Gasteiger partial charge is 0.302 e. The van der Waals surface area contributed by atoms with E-state index < -0.39 is 70.3 Å². The first-order valence-corrected chi connectivity index (χ1v) is 14.1. The second-order valence-corrected chi connectivity index (χ2v) is 10.7. The molecule has 0 bridgehead atoms. The molecular weight excluding hydrogens is 728 g/mol. The average Bonchev–Trinajstić information content (AvgIpc) is 2.82. The van der Waals surface area contributed by atoms with E-state index in [1.807, 2.05) is 13.1 Å². The molecule has 37 heavy (non-hydrogen) atoms. The first-order valence-electron chi connectivity index (χ1n) is 11.7. The summed E-state index contributed by atoms with van der Waals surface area (Å²) in [6.07, 6.45) is -5.01. The van der Waals surface area contributed by atoms with E-state index in [1.165, 1.54) is 13.0 Å². The molecule has 0 aromatic heterocycles. The molecule has 4 unspecified atom stereocenters. The van der Waals surface area contributed by atoms with Crippen molar-refractivity contribution in [1.29, 1.82) is 0 Å². The summed E-state index contributed by atoms with van der Waals surface area (Å²) < 4.78 is 31.6. The van der Waals surface area contributed by atoms with E-state index in [0.717, 1.165) is 0 Å². The van der Waals surface area contributed by atoms with Gasteiger partial charge in [0.15, 0.2) is 12.6 Å². The first kappa shape index (κ1) is 37.1. The zero-order chi connectivity index (χ0) is 27.4. The van der Waals surface area contributed by atoms with Crippen LogP contribution in [0.15, 0.2) is 25.3 Å². The van der Waals surface area contributed by atoms with Gasteiger partial charge < -0.3 is 53.6 Å². The molecule has 2 aliphatic heterocycles. The Hall–Kier alpha value is 0.0916. The molecule has 2 saturated heterocycles. The van der Waals surface area contributed by atoms with Gasteiger partial charge in [0.25, 0.3) is 0 Å². The Morgan fingerprint density at radius 3 is 1.92 bits per heavy atom. The summed E-state index contributed by atoms with van der Waals surface area (Å²) in [6.45, 7) is 13.8. The molecule has 2 heterocycles. The van der Waals surface area contributed by atoms with E-state index >= 15 is 0 Å². The van der Waals surface area contributed by atoms with E-state index in [-0.39, 0.29) is 72.3 Å². The summed E-state index contributed by atoms with van der Waals surface area (Å²) in [6, 6.07) is 0. The number of carbonyl (C=O) groups excluding carboxylic acids is 1. The van der Waals surface area contributed by atoms with Crippen LogP contribution in [0.2, 0.25) is 13.1 Å². The summed E-state index contributed by atoms with van der Waals surface area (Å²) in [7, 11) is -1.13. The zero-order valence-corrected chi connectivity index (χ0v) is 26.9. The van der Waals surface area contributed by atoms with E-state index in [9.17, 15) is 25.2 Å². The van der Waals surface area contributed by atoms with Gasteiger partial charge in [-0.25, -0.2) is 0 Å². The molecule has 0 aliphatic carbocycles. The summed E-state index contributed by atoms with van der Waals surface area (Å²) in [5.74, 6) is -0.836. The van der Waals surface area contributed by atoms with Crippen molar-refractivity contribution in [3.8, 4) is 0 Å². The summed E-state index contributed by atoms with van der Waals surface area (Å²) >= 11 is 0. The van der Waals surface area contributed by atoms with Crippen molar-refractivity contribution in [3.63, 3.8) is 0 Å². The molecule has 0 amide bonds. The third kappa shape index (κ3) is 12.0. The zero-order valence-electron chi connectivity index (χ0n) is 21.8. The summed E-state index contributed by atoms with van der Waals surface area (Å²) in [4.78, 5) is 10.9. The normalized spacial score (nSPS) is 35.5. The van der Waals surface area contributed by atoms with Gasteiger partial charge in [0, 0.05) is 52.8 Å². The molecular formula is C23H41O12SiTh. The van der Waals surface area contributed by atoms with Crippen LogP contribution < -0.4 is 0 Å². The average molecular weight is 770 g/mol. The maximum absolute atomic E-state index is 10.9. The van der Waals surface area contributed by atoms with Crippen molar-refractivity contribution in [2.45, 2.75) is 82.2 Å². The number of hydrogen-bond donors (Lipinski definition) is 5. The summed E-state index contributed by atoms with van der Waals surface area (Å²) in [5, 5.41) is 48.6. The van der Waals surface area contributed by atoms with Crippen LogP contribution in [-0.4, -0.2) is 122 Å². The maximum atomic E-state index is 10.9. The standard InChI is InChI=1S/C13H23O7Si.C10H18O5.Th/c1-5-6-17-11-10(15)9(7-18-8(2)14)19-13(16)12(11)20-21(3)4;1-3-4-14-9-6(2)10(13)15-7(5-11)8(9)12;/h5,9-13,15-16H,1,6-7H2,2-4H3;3,6-13H,1,4-5H2,2H3;/t9?,10-,11+,12?,13-;6?,7?,8-,9-,10-;/m11./s1. The third-order valence-corrected chi connectivity index (χ3v) is 6.20. The molecule has 10 atom stereocenters. The minimum Gasteiger partial charge on any atom is -0.463 e. The van der Waals surface area contributed by atoms with Crippen molar-refractivity contribution in [2.75, 3.05) is 26.4 Å². The van der Waals surface area contributed by atoms with Crippen molar-refractivity contribution in [3.05, 3.63) is 25.3 Å². The Morgan fingerprint density at radius 2 is 1.43 bits per heavy atom. The fourth-order valence-electron chi connectivity index (χ4n) is 3.66. The number of hydrogen-bond acceptors (Lipinski definition) is 12. The van der Waals surface area contributed by atoms with Crippen LogP contribution in [0.1, 0.15) is 13.8 Å². The molecule has 213 valence electrons. The SMILES string of the molecule is C=CCO[C@@H]1C(C)[C@H](O)OC(CO)[C@H]1O.C=CCO[C@@H]1C(O[Si](C)C)[C@H](O)OC(COC(C)=O)[C@H]1O.[Th]. The topological polar surface area (TPSA) is 174 Å². The predicted octanol–water partition coefficient (Wildman–Crippen LogP) is -0.901. The predicted molar refractivity (Wildman–Crippen MR) is 129 cm³/mol. The molecule has 14 heteroatoms. The Balaban J connectivity index is 0.000000718. The van der Waals surface area contributed by atoms with Crippen LogP contribution in [0.4, 0.5) is 0 Å². The maximum Gasteiger partial charge on any atom is 0.302 e. The molecule has 12 nitrogen and oxygen atoms in total. The van der Waals surface area contributed by atoms with Crippen LogP contribution in [-0.2, 0) is 32.9 Å². The van der Waals surface area contributed by atoms with E-state index in [2.05, 4.69) is 13.2 Å². The van der Waals surface area contributed by atoms with E-state index in [0.29, 0.717) is 0 Å². The van der Waals surface area contributed by atoms with Crippen LogP contribution in [0.25, 0.3) is 0 Å². The van der Waals surface area contributed by atoms with Gasteiger partial charge in [0.2, 0.25) is 9.04 Å². The van der Waals surface area contributed by atoms with Crippen LogP contribution in [0.5, 0.6) is 0 Å². The Bertz CT molecular complexity index is 672. The number of aliphatic hydroxyl groups is 5. The van der Waals surface area contributed by atoms with Gasteiger partial charge in [-0.05, 0) is 13.1 Å². The van der Waals surface area contributed by atoms with Crippen LogP contribution in [0, 0.1) is 45.9 Å². The third-order valence-electron chi connectivity index (χ3n) is 5.45. The van der Waals surface area contributed by atoms with Crippen molar-refractivity contribution < 1.29 is 98.4 Å². The van der Waals surface area contributed by atoms with Crippen LogP contribution >= 0.6 is 0 Å². The van der Waals surface area contributed by atoms with Gasteiger partial charge >= 0.3 is 5.97 Å². The van der Waals surface area contributed by atoms with E-state index in [1.54, 1.807) is 13.0 Å². The van der Waals surface area contributed by atoms with Crippen molar-refractivity contribution >= 4 is 15.0 Å². The number of esters is 1. The second-order valence-electron chi connectivity index (χ2n) is 8.62. The van der Waals surface area contributed by atoms with Gasteiger partial charge in [-0.3, -0.25) is 4.79 Å². The Morgan fingerprint density at radius 1 is 0.919 bits per heavy atom. The largest absolute Gasteiger partial charge is 0.463 e. The summed E-state index contributed by atoms with van der Waals surface area (Å²) in [5.41, 5.74) is 0. The molecule has 0 saturated carbocycles. The van der Waals surface area contributed by atoms with Gasteiger partial charge in [-0.1, -0.05) is 19.1 Å². The molecule has 0 aromatic carbocycles. The molecule has 1 radical (unpaired) electrons. The Labute approximate surface area is 251 Å². The van der Waals surface area contributed by atoms with Gasteiger partial charge in [0.05, 0.1) is 25.9 Å². The number of aliphatic hydroxyl groups excluding tert-OH is 5. The monoisotopic (exact) mass is 769 g/mol. The number of carbonyl (C=O) groups is 1. The molecule has 5 N–H and O–H groups in total. The molecule has 0 aromatic rings. The minimum atomic E-state index is -1.26. The second kappa shape index (κ2) is 19.2. The van der Waals surface area contributed by atoms with Crippen molar-refractivity contribution in [2.24, 2.45) is 5.92 Å². The van der Waals surface area contributed by atoms with E-state index in [4.69, 9.17) is 33.2 Å². The fraction of sp³-hybridized carbons (Fsp3) is 0.783. The number of ether oxygens (including phenoxy) is 5. The molecule has 0 spiro atoms. The first-order chi connectivity index (χ1) is 17.0. The molecule has 2 rings (SSSR count). The molecule has 2 aliphatic rings. The Kier molecular flexibility index (Phi) is 19.3. The minimum absolute atomic E-state index is 0. The van der Waals surface area contributed by atoms with Crippen LogP contribution in [0.3, 0.4) is 0 Å². The van der Waals surface area contributed by atoms with Gasteiger partial charge in [-0.15, -0.1) is 13.2 Å². The van der Waals surface area contributed by atoms with Crippen molar-refractivity contribution in [1.82, 2.24) is 0 Å². The molecule has 2 fully saturated rings. The number of rotatable bonds is 11. The quantitative estimate of drug-likeness (QED) is 0.0999. The van der Waals surface area contributed by atoms with Gasteiger partial charge in [-0.2, -0.15) is 0 Å².